The molecule has 188 valence electrons. The Bertz CT molecular complexity index is 614. The van der Waals surface area contributed by atoms with Gasteiger partial charge in [0.15, 0.2) is 12.6 Å². The van der Waals surface area contributed by atoms with Gasteiger partial charge >= 0.3 is 0 Å². The number of rotatable bonds is 6. The first kappa shape index (κ1) is 26.2. The fraction of sp³-hybridized carbons (Fsp3) is 1.00. The van der Waals surface area contributed by atoms with Crippen molar-refractivity contribution in [2.75, 3.05) is 13.7 Å². The second-order valence-electron chi connectivity index (χ2n) is 9.69. The van der Waals surface area contributed by atoms with Crippen LogP contribution in [0.25, 0.3) is 0 Å². The first-order valence-corrected chi connectivity index (χ1v) is 11.5. The van der Waals surface area contributed by atoms with Crippen LogP contribution in [0, 0.1) is 5.92 Å². The summed E-state index contributed by atoms with van der Waals surface area (Å²) in [5.74, 6) is -0.513. The van der Waals surface area contributed by atoms with E-state index in [0.29, 0.717) is 0 Å². The van der Waals surface area contributed by atoms with Crippen molar-refractivity contribution < 1.29 is 39.4 Å². The Morgan fingerprint density at radius 3 is 2.31 bits per heavy atom. The van der Waals surface area contributed by atoms with Gasteiger partial charge in [0.1, 0.15) is 23.9 Å². The Kier molecular flexibility index (Phi) is 8.54. The van der Waals surface area contributed by atoms with E-state index in [-0.39, 0.29) is 18.8 Å². The molecule has 3 aliphatic rings. The maximum absolute atomic E-state index is 11.1. The van der Waals surface area contributed by atoms with Gasteiger partial charge in [-0.25, -0.2) is 0 Å². The van der Waals surface area contributed by atoms with Crippen molar-refractivity contribution >= 4 is 0 Å². The number of aliphatic hydroxyl groups is 4. The molecule has 0 bridgehead atoms. The number of nitrogens with one attached hydrogen (secondary N) is 1. The van der Waals surface area contributed by atoms with Gasteiger partial charge in [0, 0.05) is 5.92 Å². The minimum Gasteiger partial charge on any atom is -0.391 e. The summed E-state index contributed by atoms with van der Waals surface area (Å²) in [5, 5.41) is 45.9. The predicted molar refractivity (Wildman–Crippen MR) is 114 cm³/mol. The van der Waals surface area contributed by atoms with Gasteiger partial charge in [-0.3, -0.25) is 0 Å². The molecule has 13 atom stereocenters. The van der Waals surface area contributed by atoms with Gasteiger partial charge in [0.25, 0.3) is 0 Å². The van der Waals surface area contributed by atoms with E-state index in [4.69, 9.17) is 30.4 Å². The van der Waals surface area contributed by atoms with Crippen molar-refractivity contribution in [2.45, 2.75) is 113 Å². The molecular formula is C21H41N3O8. The molecule has 0 amide bonds. The zero-order valence-electron chi connectivity index (χ0n) is 19.3. The van der Waals surface area contributed by atoms with Crippen molar-refractivity contribution in [1.82, 2.24) is 5.32 Å². The quantitative estimate of drug-likeness (QED) is 0.226. The third-order valence-corrected chi connectivity index (χ3v) is 7.18. The molecule has 3 fully saturated rings. The van der Waals surface area contributed by atoms with E-state index in [1.807, 2.05) is 6.92 Å². The van der Waals surface area contributed by atoms with E-state index in [1.54, 1.807) is 20.9 Å². The lowest BCUT2D eigenvalue weighted by Crippen LogP contribution is -2.69. The summed E-state index contributed by atoms with van der Waals surface area (Å²) < 4.78 is 23.5. The predicted octanol–water partition coefficient (Wildman–Crippen LogP) is -2.25. The number of hydrogen-bond acceptors (Lipinski definition) is 11. The highest BCUT2D eigenvalue weighted by atomic mass is 16.7. The SMILES string of the molecule is CC[C@@H]1CCC(N)[C@@H](OC2C(O)[C@@H](O[C@H]3OC[C@](C)(O)C(NC)C3O)C(N)[C@H](O)[C@@H]2C)O1. The molecule has 0 aromatic heterocycles. The van der Waals surface area contributed by atoms with Gasteiger partial charge < -0.3 is 56.2 Å². The van der Waals surface area contributed by atoms with E-state index in [1.165, 1.54) is 0 Å². The normalized spacial score (nSPS) is 52.7. The first-order valence-electron chi connectivity index (χ1n) is 11.5. The number of ether oxygens (including phenoxy) is 4. The highest BCUT2D eigenvalue weighted by molar-refractivity contribution is 5.03. The highest BCUT2D eigenvalue weighted by Crippen LogP contribution is 2.34. The topological polar surface area (TPSA) is 182 Å². The van der Waals surface area contributed by atoms with Crippen LogP contribution in [-0.4, -0.2) is 107 Å². The third kappa shape index (κ3) is 5.13. The molecule has 1 saturated carbocycles. The lowest BCUT2D eigenvalue weighted by molar-refractivity contribution is -0.316. The molecule has 0 spiro atoms. The highest BCUT2D eigenvalue weighted by Gasteiger charge is 2.53. The second kappa shape index (κ2) is 10.4. The van der Waals surface area contributed by atoms with E-state index in [0.717, 1.165) is 19.3 Å². The Morgan fingerprint density at radius 1 is 1.03 bits per heavy atom. The molecule has 2 aliphatic heterocycles. The van der Waals surface area contributed by atoms with Crippen molar-refractivity contribution in [3.8, 4) is 0 Å². The molecule has 11 nitrogen and oxygen atoms in total. The average Bonchev–Trinajstić information content (AvgIpc) is 2.75. The lowest BCUT2D eigenvalue weighted by Gasteiger charge is -2.50. The van der Waals surface area contributed by atoms with Gasteiger partial charge in [-0.15, -0.1) is 0 Å². The van der Waals surface area contributed by atoms with Crippen molar-refractivity contribution in [3.05, 3.63) is 0 Å². The fourth-order valence-corrected chi connectivity index (χ4v) is 5.02. The molecule has 9 N–H and O–H groups in total. The molecule has 0 aromatic carbocycles. The van der Waals surface area contributed by atoms with Crippen molar-refractivity contribution in [2.24, 2.45) is 17.4 Å². The van der Waals surface area contributed by atoms with Crippen LogP contribution in [0.2, 0.25) is 0 Å². The van der Waals surface area contributed by atoms with Crippen molar-refractivity contribution in [1.29, 1.82) is 0 Å². The Balaban J connectivity index is 1.73. The van der Waals surface area contributed by atoms with Gasteiger partial charge in [-0.2, -0.15) is 0 Å². The van der Waals surface area contributed by atoms with Crippen molar-refractivity contribution in [3.63, 3.8) is 0 Å². The Morgan fingerprint density at radius 2 is 1.69 bits per heavy atom. The molecule has 2 saturated heterocycles. The molecule has 0 aromatic rings. The average molecular weight is 464 g/mol. The summed E-state index contributed by atoms with van der Waals surface area (Å²) >= 11 is 0. The molecule has 2 heterocycles. The maximum Gasteiger partial charge on any atom is 0.185 e. The monoisotopic (exact) mass is 463 g/mol. The molecule has 0 radical (unpaired) electrons. The summed E-state index contributed by atoms with van der Waals surface area (Å²) in [6.07, 6.45) is -4.93. The summed E-state index contributed by atoms with van der Waals surface area (Å²) in [7, 11) is 1.61. The standard InChI is InChI=1S/C21H41N3O8/c1-5-10-6-7-11(22)19(30-10)31-16-9(2)13(25)12(23)17(14(16)26)32-20-15(27)18(24-4)21(3,28)8-29-20/h9-20,24-28H,5-8,22-23H2,1-4H3/t9-,10+,11?,12?,13+,14?,15?,16?,17-,18?,19+,20+,21-/m0/s1. The molecule has 6 unspecified atom stereocenters. The number of nitrogens with two attached hydrogens (primary N) is 2. The van der Waals surface area contributed by atoms with Crippen LogP contribution in [0.1, 0.15) is 40.0 Å². The molecule has 11 heteroatoms. The van der Waals surface area contributed by atoms with Gasteiger partial charge in [0.05, 0.1) is 43.0 Å². The Labute approximate surface area is 189 Å². The molecule has 32 heavy (non-hydrogen) atoms. The Hall–Kier alpha value is -0.440. The summed E-state index contributed by atoms with van der Waals surface area (Å²) in [4.78, 5) is 0. The number of aliphatic hydroxyl groups excluding tert-OH is 3. The van der Waals surface area contributed by atoms with Crippen LogP contribution in [0.4, 0.5) is 0 Å². The number of hydrogen-bond donors (Lipinski definition) is 7. The van der Waals surface area contributed by atoms with Crippen LogP contribution in [0.5, 0.6) is 0 Å². The zero-order chi connectivity index (χ0) is 23.8. The maximum atomic E-state index is 11.1. The second-order valence-corrected chi connectivity index (χ2v) is 9.69. The lowest BCUT2D eigenvalue weighted by atomic mass is 9.78. The van der Waals surface area contributed by atoms with Crippen LogP contribution >= 0.6 is 0 Å². The van der Waals surface area contributed by atoms with E-state index in [2.05, 4.69) is 5.32 Å². The van der Waals surface area contributed by atoms with E-state index < -0.39 is 66.7 Å². The van der Waals surface area contributed by atoms with Gasteiger partial charge in [0.2, 0.25) is 0 Å². The third-order valence-electron chi connectivity index (χ3n) is 7.18. The van der Waals surface area contributed by atoms with E-state index >= 15 is 0 Å². The molecule has 3 rings (SSSR count). The van der Waals surface area contributed by atoms with Gasteiger partial charge in [-0.05, 0) is 33.2 Å². The van der Waals surface area contributed by atoms with Crippen LogP contribution in [0.15, 0.2) is 0 Å². The minimum absolute atomic E-state index is 0.0205. The van der Waals surface area contributed by atoms with Crippen LogP contribution in [0.3, 0.4) is 0 Å². The van der Waals surface area contributed by atoms with Gasteiger partial charge in [-0.1, -0.05) is 13.8 Å². The fourth-order valence-electron chi connectivity index (χ4n) is 5.02. The first-order chi connectivity index (χ1) is 15.0. The summed E-state index contributed by atoms with van der Waals surface area (Å²) in [6.45, 7) is 5.20. The van der Waals surface area contributed by atoms with Crippen LogP contribution < -0.4 is 16.8 Å². The molecule has 1 aliphatic carbocycles. The number of likely N-dealkylation sites (N-methyl/N-ethyl adjacent to an activating group) is 1. The largest absolute Gasteiger partial charge is 0.391 e. The minimum atomic E-state index is -1.31. The smallest absolute Gasteiger partial charge is 0.185 e. The summed E-state index contributed by atoms with van der Waals surface area (Å²) in [5.41, 5.74) is 11.1. The molecular weight excluding hydrogens is 422 g/mol. The van der Waals surface area contributed by atoms with E-state index in [9.17, 15) is 20.4 Å². The zero-order valence-corrected chi connectivity index (χ0v) is 19.3. The van der Waals surface area contributed by atoms with Crippen LogP contribution in [-0.2, 0) is 18.9 Å². The summed E-state index contributed by atoms with van der Waals surface area (Å²) in [6, 6.07) is -2.03.